The Balaban J connectivity index is 2.79. The van der Waals surface area contributed by atoms with Crippen LogP contribution in [0.15, 0.2) is 0 Å². The van der Waals surface area contributed by atoms with Crippen LogP contribution in [0.1, 0.15) is 28.9 Å². The minimum Gasteiger partial charge on any atom is -0.460 e. The number of aromatic amines is 1. The molecule has 1 aromatic heterocycles. The van der Waals surface area contributed by atoms with Gasteiger partial charge in [-0.05, 0) is 13.8 Å². The molecule has 78 valence electrons. The largest absolute Gasteiger partial charge is 0.460 e. The van der Waals surface area contributed by atoms with Crippen molar-refractivity contribution in [3.05, 3.63) is 17.2 Å². The number of esters is 1. The van der Waals surface area contributed by atoms with Crippen molar-refractivity contribution >= 4 is 5.97 Å². The molecule has 5 nitrogen and oxygen atoms in total. The van der Waals surface area contributed by atoms with E-state index in [2.05, 4.69) is 9.97 Å². The summed E-state index contributed by atoms with van der Waals surface area (Å²) in [6.07, 6.45) is 0. The van der Waals surface area contributed by atoms with Crippen LogP contribution < -0.4 is 0 Å². The first-order chi connectivity index (χ1) is 6.69. The fraction of sp³-hybridized carbons (Fsp3) is 0.556. The Bertz CT molecular complexity index is 320. The first-order valence-electron chi connectivity index (χ1n) is 4.40. The maximum Gasteiger partial charge on any atom is 0.374 e. The van der Waals surface area contributed by atoms with Gasteiger partial charge in [-0.25, -0.2) is 9.78 Å². The zero-order valence-corrected chi connectivity index (χ0v) is 8.59. The molecule has 0 unspecified atom stereocenters. The maximum absolute atomic E-state index is 11.3. The number of hydrogen-bond donors (Lipinski definition) is 1. The smallest absolute Gasteiger partial charge is 0.374 e. The van der Waals surface area contributed by atoms with Crippen LogP contribution in [0.5, 0.6) is 0 Å². The predicted molar refractivity (Wildman–Crippen MR) is 50.0 cm³/mol. The highest BCUT2D eigenvalue weighted by atomic mass is 16.5. The molecular formula is C9H14N2O3. The van der Waals surface area contributed by atoms with E-state index in [9.17, 15) is 4.79 Å². The number of methoxy groups -OCH3 is 1. The molecule has 0 spiro atoms. The third kappa shape index (κ3) is 2.32. The summed E-state index contributed by atoms with van der Waals surface area (Å²) in [5.41, 5.74) is 1.56. The van der Waals surface area contributed by atoms with E-state index >= 15 is 0 Å². The number of imidazole rings is 1. The van der Waals surface area contributed by atoms with Crippen LogP contribution in [-0.4, -0.2) is 29.7 Å². The Kier molecular flexibility index (Phi) is 3.64. The van der Waals surface area contributed by atoms with E-state index in [1.165, 1.54) is 0 Å². The van der Waals surface area contributed by atoms with Crippen LogP contribution >= 0.6 is 0 Å². The Labute approximate surface area is 82.4 Å². The lowest BCUT2D eigenvalue weighted by molar-refractivity contribution is 0.0512. The second kappa shape index (κ2) is 4.76. The molecule has 0 fully saturated rings. The molecule has 1 aromatic rings. The number of carbonyl (C=O) groups excluding carboxylic acids is 1. The normalized spacial score (nSPS) is 10.2. The number of rotatable bonds is 4. The highest BCUT2D eigenvalue weighted by molar-refractivity contribution is 5.85. The minimum atomic E-state index is -0.432. The van der Waals surface area contributed by atoms with Crippen molar-refractivity contribution in [2.24, 2.45) is 0 Å². The third-order valence-electron chi connectivity index (χ3n) is 1.74. The second-order valence-corrected chi connectivity index (χ2v) is 2.81. The molecule has 1 rings (SSSR count). The number of carbonyl (C=O) groups is 1. The molecule has 0 aliphatic carbocycles. The van der Waals surface area contributed by atoms with Crippen molar-refractivity contribution in [3.8, 4) is 0 Å². The van der Waals surface area contributed by atoms with Crippen molar-refractivity contribution in [3.63, 3.8) is 0 Å². The van der Waals surface area contributed by atoms with Gasteiger partial charge in [0.05, 0.1) is 18.9 Å². The predicted octanol–water partition coefficient (Wildman–Crippen LogP) is 1.04. The quantitative estimate of drug-likeness (QED) is 0.734. The average Bonchev–Trinajstić information content (AvgIpc) is 2.49. The first kappa shape index (κ1) is 10.7. The number of nitrogens with one attached hydrogen (secondary N) is 1. The van der Waals surface area contributed by atoms with Gasteiger partial charge >= 0.3 is 5.97 Å². The lowest BCUT2D eigenvalue weighted by atomic mass is 10.4. The van der Waals surface area contributed by atoms with E-state index in [1.54, 1.807) is 14.0 Å². The van der Waals surface area contributed by atoms with Gasteiger partial charge in [-0.3, -0.25) is 0 Å². The Morgan fingerprint density at radius 3 is 2.86 bits per heavy atom. The number of aromatic nitrogens is 2. The summed E-state index contributed by atoms with van der Waals surface area (Å²) < 4.78 is 9.73. The van der Waals surface area contributed by atoms with Gasteiger partial charge in [-0.2, -0.15) is 0 Å². The third-order valence-corrected chi connectivity index (χ3v) is 1.74. The number of hydrogen-bond acceptors (Lipinski definition) is 4. The van der Waals surface area contributed by atoms with Crippen molar-refractivity contribution in [2.75, 3.05) is 13.7 Å². The van der Waals surface area contributed by atoms with Gasteiger partial charge in [0.15, 0.2) is 0 Å². The average molecular weight is 198 g/mol. The highest BCUT2D eigenvalue weighted by Gasteiger charge is 2.13. The monoisotopic (exact) mass is 198 g/mol. The minimum absolute atomic E-state index is 0.233. The molecule has 0 bridgehead atoms. The molecule has 5 heteroatoms. The van der Waals surface area contributed by atoms with Crippen LogP contribution in [0.25, 0.3) is 0 Å². The van der Waals surface area contributed by atoms with Gasteiger partial charge in [0.25, 0.3) is 0 Å². The molecule has 0 aromatic carbocycles. The van der Waals surface area contributed by atoms with E-state index in [-0.39, 0.29) is 5.82 Å². The molecule has 0 saturated carbocycles. The summed E-state index contributed by atoms with van der Waals surface area (Å²) in [6, 6.07) is 0. The summed E-state index contributed by atoms with van der Waals surface area (Å²) in [5, 5.41) is 0. The molecule has 0 radical (unpaired) electrons. The van der Waals surface area contributed by atoms with Crippen molar-refractivity contribution < 1.29 is 14.3 Å². The molecule has 0 aliphatic rings. The van der Waals surface area contributed by atoms with Crippen molar-refractivity contribution in [1.29, 1.82) is 0 Å². The molecule has 0 atom stereocenters. The van der Waals surface area contributed by atoms with E-state index in [0.29, 0.717) is 13.2 Å². The van der Waals surface area contributed by atoms with Crippen LogP contribution in [0.2, 0.25) is 0 Å². The van der Waals surface area contributed by atoms with Crippen LogP contribution in [-0.2, 0) is 16.1 Å². The van der Waals surface area contributed by atoms with E-state index in [0.717, 1.165) is 11.4 Å². The lowest BCUT2D eigenvalue weighted by Crippen LogP contribution is -2.06. The van der Waals surface area contributed by atoms with Crippen LogP contribution in [0.4, 0.5) is 0 Å². The number of ether oxygens (including phenoxy) is 2. The summed E-state index contributed by atoms with van der Waals surface area (Å²) in [6.45, 7) is 4.33. The molecule has 0 saturated heterocycles. The summed E-state index contributed by atoms with van der Waals surface area (Å²) in [4.78, 5) is 18.2. The van der Waals surface area contributed by atoms with Gasteiger partial charge < -0.3 is 14.5 Å². The van der Waals surface area contributed by atoms with Gasteiger partial charge in [0.2, 0.25) is 5.82 Å². The van der Waals surface area contributed by atoms with E-state index in [1.807, 2.05) is 6.92 Å². The fourth-order valence-electron chi connectivity index (χ4n) is 1.07. The van der Waals surface area contributed by atoms with Gasteiger partial charge in [-0.1, -0.05) is 0 Å². The van der Waals surface area contributed by atoms with Crippen molar-refractivity contribution in [2.45, 2.75) is 20.5 Å². The Hall–Kier alpha value is -1.36. The number of aryl methyl sites for hydroxylation is 1. The first-order valence-corrected chi connectivity index (χ1v) is 4.40. The topological polar surface area (TPSA) is 64.2 Å². The van der Waals surface area contributed by atoms with Gasteiger partial charge in [0, 0.05) is 12.8 Å². The zero-order valence-electron chi connectivity index (χ0n) is 8.59. The molecule has 0 aliphatic heterocycles. The molecule has 14 heavy (non-hydrogen) atoms. The molecule has 1 N–H and O–H groups in total. The van der Waals surface area contributed by atoms with Crippen LogP contribution in [0.3, 0.4) is 0 Å². The zero-order chi connectivity index (χ0) is 10.6. The lowest BCUT2D eigenvalue weighted by Gasteiger charge is -1.95. The standard InChI is InChI=1S/C9H14N2O3/c1-4-14-9(12)8-10-6(2)7(11-8)5-13-3/h4-5H2,1-3H3,(H,10,11). The summed E-state index contributed by atoms with van der Waals surface area (Å²) >= 11 is 0. The molecule has 0 amide bonds. The summed E-state index contributed by atoms with van der Waals surface area (Å²) in [7, 11) is 1.58. The van der Waals surface area contributed by atoms with Crippen molar-refractivity contribution in [1.82, 2.24) is 9.97 Å². The molecule has 1 heterocycles. The van der Waals surface area contributed by atoms with Crippen LogP contribution in [0, 0.1) is 6.92 Å². The van der Waals surface area contributed by atoms with Gasteiger partial charge in [-0.15, -0.1) is 0 Å². The Morgan fingerprint density at radius 2 is 2.29 bits per heavy atom. The van der Waals surface area contributed by atoms with Gasteiger partial charge in [0.1, 0.15) is 0 Å². The fourth-order valence-corrected chi connectivity index (χ4v) is 1.07. The summed E-state index contributed by atoms with van der Waals surface area (Å²) in [5.74, 6) is -0.200. The Morgan fingerprint density at radius 1 is 1.57 bits per heavy atom. The number of H-pyrrole nitrogens is 1. The van der Waals surface area contributed by atoms with E-state index in [4.69, 9.17) is 9.47 Å². The second-order valence-electron chi connectivity index (χ2n) is 2.81. The SMILES string of the molecule is CCOC(=O)c1nc(COC)c(C)[nH]1. The number of nitrogens with zero attached hydrogens (tertiary/aromatic N) is 1. The highest BCUT2D eigenvalue weighted by Crippen LogP contribution is 2.06. The van der Waals surface area contributed by atoms with E-state index < -0.39 is 5.97 Å². The maximum atomic E-state index is 11.3. The molecular weight excluding hydrogens is 184 g/mol.